The van der Waals surface area contributed by atoms with E-state index in [-0.39, 0.29) is 6.10 Å². The molecule has 0 bridgehead atoms. The minimum atomic E-state index is -4.22. The molecule has 1 atom stereocenters. The summed E-state index contributed by atoms with van der Waals surface area (Å²) < 4.78 is 40.1. The Labute approximate surface area is 82.8 Å². The second-order valence-electron chi connectivity index (χ2n) is 3.16. The van der Waals surface area contributed by atoms with Crippen LogP contribution in [0.4, 0.5) is 13.2 Å². The average Bonchev–Trinajstić information content (AvgIpc) is 2.09. The smallest absolute Gasteiger partial charge is 0.367 e. The third kappa shape index (κ3) is 8.31. The number of halogens is 3. The molecule has 0 aromatic rings. The van der Waals surface area contributed by atoms with E-state index in [9.17, 15) is 13.2 Å². The number of hydrogen-bond donors (Lipinski definition) is 1. The fraction of sp³-hybridized carbons (Fsp3) is 1.00. The van der Waals surface area contributed by atoms with Crippen LogP contribution >= 0.6 is 0 Å². The highest BCUT2D eigenvalue weighted by Gasteiger charge is 2.28. The zero-order valence-electron chi connectivity index (χ0n) is 8.66. The first-order valence-corrected chi connectivity index (χ1v) is 4.88. The monoisotopic (exact) mass is 213 g/mol. The fourth-order valence-corrected chi connectivity index (χ4v) is 0.973. The molecule has 2 nitrogen and oxygen atoms in total. The highest BCUT2D eigenvalue weighted by atomic mass is 19.4. The van der Waals surface area contributed by atoms with Crippen LogP contribution in [0, 0.1) is 0 Å². The second-order valence-corrected chi connectivity index (χ2v) is 3.16. The van der Waals surface area contributed by atoms with E-state index in [1.165, 1.54) is 0 Å². The molecule has 0 saturated carbocycles. The summed E-state index contributed by atoms with van der Waals surface area (Å²) in [5.74, 6) is 0. The number of ether oxygens (including phenoxy) is 1. The summed E-state index contributed by atoms with van der Waals surface area (Å²) in [4.78, 5) is 0. The van der Waals surface area contributed by atoms with Gasteiger partial charge in [-0.05, 0) is 19.4 Å². The predicted octanol–water partition coefficient (Wildman–Crippen LogP) is 2.34. The van der Waals surface area contributed by atoms with Crippen molar-refractivity contribution in [2.24, 2.45) is 0 Å². The van der Waals surface area contributed by atoms with E-state index in [2.05, 4.69) is 5.32 Å². The maximum atomic E-state index is 11.8. The average molecular weight is 213 g/mol. The highest BCUT2D eigenvalue weighted by Crippen LogP contribution is 2.15. The molecule has 86 valence electrons. The largest absolute Gasteiger partial charge is 0.411 e. The van der Waals surface area contributed by atoms with E-state index < -0.39 is 12.8 Å². The van der Waals surface area contributed by atoms with Crippen LogP contribution in [0.2, 0.25) is 0 Å². The van der Waals surface area contributed by atoms with Crippen LogP contribution in [-0.4, -0.2) is 32.0 Å². The first-order valence-electron chi connectivity index (χ1n) is 4.88. The quantitative estimate of drug-likeness (QED) is 0.655. The Bertz CT molecular complexity index is 139. The van der Waals surface area contributed by atoms with Gasteiger partial charge in [0.05, 0.1) is 6.10 Å². The molecular formula is C9H18F3NO. The van der Waals surface area contributed by atoms with Crippen LogP contribution in [0.5, 0.6) is 0 Å². The SMILES string of the molecule is CCCNCC(CC)OCC(F)(F)F. The molecular weight excluding hydrogens is 195 g/mol. The molecule has 0 aromatic carbocycles. The summed E-state index contributed by atoms with van der Waals surface area (Å²) in [5, 5.41) is 3.03. The van der Waals surface area contributed by atoms with Gasteiger partial charge >= 0.3 is 6.18 Å². The van der Waals surface area contributed by atoms with E-state index in [4.69, 9.17) is 4.74 Å². The molecule has 1 unspecified atom stereocenters. The Morgan fingerprint density at radius 1 is 1.29 bits per heavy atom. The fourth-order valence-electron chi connectivity index (χ4n) is 0.973. The lowest BCUT2D eigenvalue weighted by Crippen LogP contribution is -2.32. The first-order chi connectivity index (χ1) is 6.49. The van der Waals surface area contributed by atoms with Crippen molar-refractivity contribution in [3.8, 4) is 0 Å². The standard InChI is InChI=1S/C9H18F3NO/c1-3-5-13-6-8(4-2)14-7-9(10,11)12/h8,13H,3-7H2,1-2H3. The van der Waals surface area contributed by atoms with Gasteiger partial charge in [0.2, 0.25) is 0 Å². The number of nitrogens with one attached hydrogen (secondary N) is 1. The van der Waals surface area contributed by atoms with Crippen molar-refractivity contribution in [2.75, 3.05) is 19.7 Å². The van der Waals surface area contributed by atoms with Crippen molar-refractivity contribution >= 4 is 0 Å². The van der Waals surface area contributed by atoms with Gasteiger partial charge in [-0.1, -0.05) is 13.8 Å². The molecule has 0 aliphatic heterocycles. The van der Waals surface area contributed by atoms with Gasteiger partial charge in [-0.25, -0.2) is 0 Å². The zero-order chi connectivity index (χ0) is 11.0. The Balaban J connectivity index is 3.58. The van der Waals surface area contributed by atoms with Gasteiger partial charge in [0, 0.05) is 6.54 Å². The molecule has 0 saturated heterocycles. The normalized spacial score (nSPS) is 14.4. The van der Waals surface area contributed by atoms with Crippen LogP contribution in [0.25, 0.3) is 0 Å². The molecule has 0 spiro atoms. The zero-order valence-corrected chi connectivity index (χ0v) is 8.66. The van der Waals surface area contributed by atoms with Gasteiger partial charge in [-0.15, -0.1) is 0 Å². The molecule has 0 radical (unpaired) electrons. The molecule has 0 fully saturated rings. The van der Waals surface area contributed by atoms with Crippen LogP contribution in [-0.2, 0) is 4.74 Å². The van der Waals surface area contributed by atoms with Gasteiger partial charge in [-0.3, -0.25) is 0 Å². The lowest BCUT2D eigenvalue weighted by molar-refractivity contribution is -0.185. The minimum Gasteiger partial charge on any atom is -0.367 e. The maximum absolute atomic E-state index is 11.8. The topological polar surface area (TPSA) is 21.3 Å². The molecule has 1 N–H and O–H groups in total. The van der Waals surface area contributed by atoms with Gasteiger partial charge in [0.15, 0.2) is 0 Å². The molecule has 0 aliphatic rings. The third-order valence-corrected chi connectivity index (χ3v) is 1.74. The van der Waals surface area contributed by atoms with Gasteiger partial charge in [0.25, 0.3) is 0 Å². The number of hydrogen-bond acceptors (Lipinski definition) is 2. The Kier molecular flexibility index (Phi) is 6.92. The first kappa shape index (κ1) is 13.7. The van der Waals surface area contributed by atoms with E-state index >= 15 is 0 Å². The highest BCUT2D eigenvalue weighted by molar-refractivity contribution is 4.60. The van der Waals surface area contributed by atoms with Crippen molar-refractivity contribution in [2.45, 2.75) is 39.0 Å². The molecule has 0 heterocycles. The van der Waals surface area contributed by atoms with Gasteiger partial charge in [0.1, 0.15) is 6.61 Å². The molecule has 14 heavy (non-hydrogen) atoms. The summed E-state index contributed by atoms with van der Waals surface area (Å²) in [6.07, 6.45) is -3.01. The van der Waals surface area contributed by atoms with E-state index in [1.54, 1.807) is 0 Å². The number of alkyl halides is 3. The summed E-state index contributed by atoms with van der Waals surface area (Å²) in [6, 6.07) is 0. The molecule has 5 heteroatoms. The molecule has 0 amide bonds. The van der Waals surface area contributed by atoms with Crippen LogP contribution in [0.3, 0.4) is 0 Å². The Morgan fingerprint density at radius 3 is 2.36 bits per heavy atom. The number of rotatable bonds is 7. The lowest BCUT2D eigenvalue weighted by atomic mass is 10.2. The van der Waals surface area contributed by atoms with Gasteiger partial charge < -0.3 is 10.1 Å². The summed E-state index contributed by atoms with van der Waals surface area (Å²) in [6.45, 7) is 3.96. The second kappa shape index (κ2) is 7.06. The van der Waals surface area contributed by atoms with Crippen molar-refractivity contribution in [1.82, 2.24) is 5.32 Å². The van der Waals surface area contributed by atoms with Crippen LogP contribution < -0.4 is 5.32 Å². The van der Waals surface area contributed by atoms with E-state index in [1.807, 2.05) is 13.8 Å². The lowest BCUT2D eigenvalue weighted by Gasteiger charge is -2.17. The van der Waals surface area contributed by atoms with Crippen LogP contribution in [0.15, 0.2) is 0 Å². The van der Waals surface area contributed by atoms with E-state index in [0.29, 0.717) is 13.0 Å². The summed E-state index contributed by atoms with van der Waals surface area (Å²) in [5.41, 5.74) is 0. The van der Waals surface area contributed by atoms with Gasteiger partial charge in [-0.2, -0.15) is 13.2 Å². The van der Waals surface area contributed by atoms with Crippen molar-refractivity contribution in [3.63, 3.8) is 0 Å². The van der Waals surface area contributed by atoms with E-state index in [0.717, 1.165) is 13.0 Å². The van der Waals surface area contributed by atoms with Crippen molar-refractivity contribution < 1.29 is 17.9 Å². The molecule has 0 aromatic heterocycles. The van der Waals surface area contributed by atoms with Crippen molar-refractivity contribution in [1.29, 1.82) is 0 Å². The Hall–Kier alpha value is -0.290. The van der Waals surface area contributed by atoms with Crippen molar-refractivity contribution in [3.05, 3.63) is 0 Å². The maximum Gasteiger partial charge on any atom is 0.411 e. The minimum absolute atomic E-state index is 0.344. The Morgan fingerprint density at radius 2 is 1.93 bits per heavy atom. The van der Waals surface area contributed by atoms with Crippen LogP contribution in [0.1, 0.15) is 26.7 Å². The third-order valence-electron chi connectivity index (χ3n) is 1.74. The molecule has 0 aliphatic carbocycles. The summed E-state index contributed by atoms with van der Waals surface area (Å²) in [7, 11) is 0. The summed E-state index contributed by atoms with van der Waals surface area (Å²) >= 11 is 0. The predicted molar refractivity (Wildman–Crippen MR) is 49.2 cm³/mol. The molecule has 0 rings (SSSR count).